The van der Waals surface area contributed by atoms with Gasteiger partial charge in [0.2, 0.25) is 0 Å². The largest absolute Gasteiger partial charge is 0.496 e. The van der Waals surface area contributed by atoms with Crippen LogP contribution in [0.1, 0.15) is 19.3 Å². The summed E-state index contributed by atoms with van der Waals surface area (Å²) in [5.74, 6) is 2.95. The summed E-state index contributed by atoms with van der Waals surface area (Å²) in [6.07, 6.45) is 3.00. The molecule has 0 aliphatic carbocycles. The molecule has 108 valence electrons. The van der Waals surface area contributed by atoms with Crippen LogP contribution < -0.4 is 19.9 Å². The lowest BCUT2D eigenvalue weighted by atomic mass is 10.1. The van der Waals surface area contributed by atoms with Crippen LogP contribution in [0.4, 0.5) is 0 Å². The maximum absolute atomic E-state index is 5.79. The smallest absolute Gasteiger partial charge is 0.126 e. The van der Waals surface area contributed by atoms with Crippen LogP contribution in [-0.4, -0.2) is 32.6 Å². The van der Waals surface area contributed by atoms with Gasteiger partial charge in [-0.25, -0.2) is 0 Å². The van der Waals surface area contributed by atoms with Crippen molar-refractivity contribution in [3.63, 3.8) is 0 Å². The van der Waals surface area contributed by atoms with Gasteiger partial charge in [-0.15, -0.1) is 0 Å². The van der Waals surface area contributed by atoms with Gasteiger partial charge in [0.15, 0.2) is 0 Å². The molecular formula is C14H23NO3S. The molecule has 2 N–H and O–H groups in total. The van der Waals surface area contributed by atoms with Crippen LogP contribution in [0, 0.1) is 0 Å². The van der Waals surface area contributed by atoms with E-state index < -0.39 is 0 Å². The summed E-state index contributed by atoms with van der Waals surface area (Å²) in [6, 6.07) is 5.70. The van der Waals surface area contributed by atoms with Crippen molar-refractivity contribution in [3.05, 3.63) is 18.2 Å². The average molecular weight is 285 g/mol. The van der Waals surface area contributed by atoms with Gasteiger partial charge in [-0.2, -0.15) is 12.6 Å². The van der Waals surface area contributed by atoms with Gasteiger partial charge in [0.25, 0.3) is 0 Å². The molecule has 4 nitrogen and oxygen atoms in total. The lowest BCUT2D eigenvalue weighted by Crippen LogP contribution is -2.21. The summed E-state index contributed by atoms with van der Waals surface area (Å²) >= 11 is 4.16. The molecule has 19 heavy (non-hydrogen) atoms. The van der Waals surface area contributed by atoms with Crippen LogP contribution in [0.2, 0.25) is 0 Å². The summed E-state index contributed by atoms with van der Waals surface area (Å²) in [7, 11) is 3.24. The fourth-order valence-electron chi connectivity index (χ4n) is 1.65. The van der Waals surface area contributed by atoms with Gasteiger partial charge in [0, 0.05) is 30.0 Å². The summed E-state index contributed by atoms with van der Waals surface area (Å²) < 4.78 is 16.1. The van der Waals surface area contributed by atoms with Crippen LogP contribution in [0.15, 0.2) is 18.2 Å². The highest BCUT2D eigenvalue weighted by atomic mass is 32.1. The minimum Gasteiger partial charge on any atom is -0.496 e. The molecule has 0 saturated carbocycles. The van der Waals surface area contributed by atoms with E-state index in [1.54, 1.807) is 14.2 Å². The van der Waals surface area contributed by atoms with Crippen LogP contribution in [0.25, 0.3) is 0 Å². The highest BCUT2D eigenvalue weighted by Gasteiger charge is 2.03. The molecule has 0 bridgehead atoms. The maximum Gasteiger partial charge on any atom is 0.126 e. The standard InChI is InChI=1S/C14H23NO3S/c1-16-12-7-13(17-2)9-14(8-12)18-6-4-3-5-11(15)10-19/h7-9,11,19H,3-6,10,15H2,1-2H3/t11-/m0/s1. The first-order valence-electron chi connectivity index (χ1n) is 6.42. The predicted octanol–water partition coefficient (Wildman–Crippen LogP) is 2.51. The SMILES string of the molecule is COc1cc(OC)cc(OCCCC[C@H](N)CS)c1. The fourth-order valence-corrected chi connectivity index (χ4v) is 1.84. The Morgan fingerprint density at radius 2 is 1.63 bits per heavy atom. The molecule has 0 spiro atoms. The summed E-state index contributed by atoms with van der Waals surface area (Å²) in [5.41, 5.74) is 5.79. The normalized spacial score (nSPS) is 12.0. The third-order valence-electron chi connectivity index (χ3n) is 2.80. The van der Waals surface area contributed by atoms with Crippen molar-refractivity contribution in [1.29, 1.82) is 0 Å². The molecule has 0 aliphatic rings. The number of unbranched alkanes of at least 4 members (excludes halogenated alkanes) is 1. The zero-order valence-electron chi connectivity index (χ0n) is 11.6. The number of hydrogen-bond donors (Lipinski definition) is 2. The van der Waals surface area contributed by atoms with E-state index in [1.807, 2.05) is 18.2 Å². The van der Waals surface area contributed by atoms with E-state index in [1.165, 1.54) is 0 Å². The van der Waals surface area contributed by atoms with Crippen LogP contribution >= 0.6 is 12.6 Å². The van der Waals surface area contributed by atoms with E-state index in [0.717, 1.165) is 42.3 Å². The first-order valence-corrected chi connectivity index (χ1v) is 7.05. The van der Waals surface area contributed by atoms with Crippen molar-refractivity contribution in [2.75, 3.05) is 26.6 Å². The first-order chi connectivity index (χ1) is 9.19. The Hall–Kier alpha value is -1.07. The number of thiol groups is 1. The van der Waals surface area contributed by atoms with Gasteiger partial charge < -0.3 is 19.9 Å². The Kier molecular flexibility index (Phi) is 7.52. The molecule has 5 heteroatoms. The van der Waals surface area contributed by atoms with Gasteiger partial charge in [0.1, 0.15) is 17.2 Å². The zero-order valence-corrected chi connectivity index (χ0v) is 12.5. The molecule has 1 rings (SSSR count). The number of rotatable bonds is 9. The lowest BCUT2D eigenvalue weighted by molar-refractivity contribution is 0.299. The van der Waals surface area contributed by atoms with Crippen LogP contribution in [0.5, 0.6) is 17.2 Å². The lowest BCUT2D eigenvalue weighted by Gasteiger charge is -2.11. The van der Waals surface area contributed by atoms with E-state index in [2.05, 4.69) is 12.6 Å². The molecule has 0 radical (unpaired) electrons. The molecule has 0 fully saturated rings. The van der Waals surface area contributed by atoms with Crippen molar-refractivity contribution in [1.82, 2.24) is 0 Å². The topological polar surface area (TPSA) is 53.7 Å². The Morgan fingerprint density at radius 1 is 1.05 bits per heavy atom. The molecule has 1 atom stereocenters. The first kappa shape index (κ1) is 16.0. The van der Waals surface area contributed by atoms with Gasteiger partial charge in [-0.1, -0.05) is 0 Å². The van der Waals surface area contributed by atoms with Crippen molar-refractivity contribution in [2.45, 2.75) is 25.3 Å². The van der Waals surface area contributed by atoms with Crippen molar-refractivity contribution in [2.24, 2.45) is 5.73 Å². The number of ether oxygens (including phenoxy) is 3. The quantitative estimate of drug-likeness (QED) is 0.541. The highest BCUT2D eigenvalue weighted by molar-refractivity contribution is 7.80. The molecule has 0 amide bonds. The van der Waals surface area contributed by atoms with Crippen LogP contribution in [0.3, 0.4) is 0 Å². The highest BCUT2D eigenvalue weighted by Crippen LogP contribution is 2.27. The van der Waals surface area contributed by atoms with Crippen molar-refractivity contribution in [3.8, 4) is 17.2 Å². The van der Waals surface area contributed by atoms with E-state index in [4.69, 9.17) is 19.9 Å². The number of nitrogens with two attached hydrogens (primary N) is 1. The molecule has 1 aromatic carbocycles. The molecule has 0 unspecified atom stereocenters. The van der Waals surface area contributed by atoms with E-state index >= 15 is 0 Å². The monoisotopic (exact) mass is 285 g/mol. The Balaban J connectivity index is 2.36. The minimum absolute atomic E-state index is 0.181. The molecule has 0 aliphatic heterocycles. The molecular weight excluding hydrogens is 262 g/mol. The number of hydrogen-bond acceptors (Lipinski definition) is 5. The summed E-state index contributed by atoms with van der Waals surface area (Å²) in [6.45, 7) is 0.662. The third kappa shape index (κ3) is 6.07. The summed E-state index contributed by atoms with van der Waals surface area (Å²) in [5, 5.41) is 0. The molecule has 0 saturated heterocycles. The Labute approximate surface area is 120 Å². The summed E-state index contributed by atoms with van der Waals surface area (Å²) in [4.78, 5) is 0. The maximum atomic E-state index is 5.79. The molecule has 0 aromatic heterocycles. The molecule has 1 aromatic rings. The fraction of sp³-hybridized carbons (Fsp3) is 0.571. The second-order valence-corrected chi connectivity index (χ2v) is 4.70. The average Bonchev–Trinajstić information content (AvgIpc) is 2.46. The predicted molar refractivity (Wildman–Crippen MR) is 80.7 cm³/mol. The number of benzene rings is 1. The Bertz CT molecular complexity index is 351. The van der Waals surface area contributed by atoms with Gasteiger partial charge in [-0.3, -0.25) is 0 Å². The van der Waals surface area contributed by atoms with E-state index in [9.17, 15) is 0 Å². The minimum atomic E-state index is 0.181. The Morgan fingerprint density at radius 3 is 2.16 bits per heavy atom. The van der Waals surface area contributed by atoms with E-state index in [-0.39, 0.29) is 6.04 Å². The van der Waals surface area contributed by atoms with E-state index in [0.29, 0.717) is 6.61 Å². The van der Waals surface area contributed by atoms with Crippen LogP contribution in [-0.2, 0) is 0 Å². The number of methoxy groups -OCH3 is 2. The zero-order chi connectivity index (χ0) is 14.1. The van der Waals surface area contributed by atoms with Crippen molar-refractivity contribution >= 4 is 12.6 Å². The van der Waals surface area contributed by atoms with Gasteiger partial charge >= 0.3 is 0 Å². The van der Waals surface area contributed by atoms with Crippen molar-refractivity contribution < 1.29 is 14.2 Å². The second kappa shape index (κ2) is 8.93. The third-order valence-corrected chi connectivity index (χ3v) is 3.27. The van der Waals surface area contributed by atoms with Gasteiger partial charge in [-0.05, 0) is 19.3 Å². The van der Waals surface area contributed by atoms with Gasteiger partial charge in [0.05, 0.1) is 20.8 Å². The molecule has 0 heterocycles. The second-order valence-electron chi connectivity index (χ2n) is 4.34.